The third kappa shape index (κ3) is 4.91. The van der Waals surface area contributed by atoms with Crippen molar-refractivity contribution in [2.24, 2.45) is 0 Å². The van der Waals surface area contributed by atoms with Crippen LogP contribution in [-0.4, -0.2) is 40.7 Å². The average Bonchev–Trinajstić information content (AvgIpc) is 3.16. The number of pyridine rings is 1. The van der Waals surface area contributed by atoms with Gasteiger partial charge in [0.2, 0.25) is 0 Å². The van der Waals surface area contributed by atoms with Gasteiger partial charge in [-0.1, -0.05) is 55.5 Å². The number of hydrogen-bond donors (Lipinski definition) is 3. The molecule has 0 bridgehead atoms. The fourth-order valence-electron chi connectivity index (χ4n) is 4.19. The molecule has 3 aromatic rings. The molecule has 0 saturated carbocycles. The quantitative estimate of drug-likeness (QED) is 0.459. The third-order valence-electron chi connectivity index (χ3n) is 5.85. The van der Waals surface area contributed by atoms with Crippen LogP contribution in [0.2, 0.25) is 0 Å². The van der Waals surface area contributed by atoms with Crippen molar-refractivity contribution in [3.63, 3.8) is 0 Å². The molecule has 174 valence electrons. The first-order valence-corrected chi connectivity index (χ1v) is 11.1. The number of carboxylic acids is 1. The van der Waals surface area contributed by atoms with E-state index in [-0.39, 0.29) is 30.3 Å². The van der Waals surface area contributed by atoms with Gasteiger partial charge in [0, 0.05) is 18.2 Å². The molecule has 0 spiro atoms. The van der Waals surface area contributed by atoms with Crippen molar-refractivity contribution in [2.45, 2.75) is 31.7 Å². The zero-order valence-electron chi connectivity index (χ0n) is 18.7. The maximum Gasteiger partial charge on any atom is 0.411 e. The van der Waals surface area contributed by atoms with E-state index in [4.69, 9.17) is 9.84 Å². The second kappa shape index (κ2) is 10.2. The monoisotopic (exact) mass is 459 g/mol. The molecule has 8 nitrogen and oxygen atoms in total. The maximum atomic E-state index is 12.7. The first kappa shape index (κ1) is 23.0. The van der Waals surface area contributed by atoms with E-state index in [1.165, 1.54) is 6.20 Å². The van der Waals surface area contributed by atoms with Gasteiger partial charge in [-0.2, -0.15) is 0 Å². The number of hydrogen-bond acceptors (Lipinski definition) is 5. The molecule has 4 rings (SSSR count). The summed E-state index contributed by atoms with van der Waals surface area (Å²) in [6, 6.07) is 18.7. The minimum atomic E-state index is -1.01. The summed E-state index contributed by atoms with van der Waals surface area (Å²) in [5, 5.41) is 14.2. The second-order valence-corrected chi connectivity index (χ2v) is 8.03. The summed E-state index contributed by atoms with van der Waals surface area (Å²) >= 11 is 0. The van der Waals surface area contributed by atoms with Crippen molar-refractivity contribution < 1.29 is 24.2 Å². The van der Waals surface area contributed by atoms with E-state index in [9.17, 15) is 14.4 Å². The van der Waals surface area contributed by atoms with Gasteiger partial charge in [-0.25, -0.2) is 9.78 Å². The smallest absolute Gasteiger partial charge is 0.411 e. The highest BCUT2D eigenvalue weighted by Gasteiger charge is 2.29. The van der Waals surface area contributed by atoms with Crippen LogP contribution in [0.1, 0.15) is 47.3 Å². The largest absolute Gasteiger partial charge is 0.481 e. The maximum absolute atomic E-state index is 12.7. The predicted octanol–water partition coefficient (Wildman–Crippen LogP) is 4.43. The second-order valence-electron chi connectivity index (χ2n) is 8.03. The number of ether oxygens (including phenoxy) is 1. The summed E-state index contributed by atoms with van der Waals surface area (Å²) < 4.78 is 5.55. The van der Waals surface area contributed by atoms with E-state index >= 15 is 0 Å². The Labute approximate surface area is 197 Å². The van der Waals surface area contributed by atoms with Crippen LogP contribution in [0.4, 0.5) is 10.5 Å². The standard InChI is InChI=1S/C26H25N3O5/c1-2-16(14-23(30)31)28-25(32)24-22(12-7-13-27-24)29-26(33)34-15-21-19-10-5-3-8-17(19)18-9-4-6-11-20(18)21/h3-13,16,21H,2,14-15H2,1H3,(H,28,32)(H,29,33)(H,30,31)/t16-/m1/s1. The van der Waals surface area contributed by atoms with Gasteiger partial charge >= 0.3 is 12.1 Å². The minimum Gasteiger partial charge on any atom is -0.481 e. The molecular formula is C26H25N3O5. The van der Waals surface area contributed by atoms with E-state index in [0.717, 1.165) is 22.3 Å². The van der Waals surface area contributed by atoms with Gasteiger partial charge in [0.25, 0.3) is 5.91 Å². The van der Waals surface area contributed by atoms with Crippen LogP contribution in [0, 0.1) is 0 Å². The molecule has 34 heavy (non-hydrogen) atoms. The van der Waals surface area contributed by atoms with Crippen LogP contribution >= 0.6 is 0 Å². The van der Waals surface area contributed by atoms with E-state index in [0.29, 0.717) is 6.42 Å². The van der Waals surface area contributed by atoms with Gasteiger partial charge in [-0.3, -0.25) is 14.9 Å². The molecular weight excluding hydrogens is 434 g/mol. The summed E-state index contributed by atoms with van der Waals surface area (Å²) in [5.41, 5.74) is 4.63. The van der Waals surface area contributed by atoms with Crippen LogP contribution in [0.15, 0.2) is 66.9 Å². The minimum absolute atomic E-state index is 0.0140. The van der Waals surface area contributed by atoms with Crippen molar-refractivity contribution in [3.8, 4) is 11.1 Å². The summed E-state index contributed by atoms with van der Waals surface area (Å²) in [6.07, 6.45) is 0.960. The van der Waals surface area contributed by atoms with Gasteiger partial charge in [0.15, 0.2) is 5.69 Å². The molecule has 1 atom stereocenters. The summed E-state index contributed by atoms with van der Waals surface area (Å²) in [4.78, 5) is 40.4. The Morgan fingerprint density at radius 1 is 1.00 bits per heavy atom. The van der Waals surface area contributed by atoms with Crippen LogP contribution in [0.25, 0.3) is 11.1 Å². The van der Waals surface area contributed by atoms with Gasteiger partial charge in [-0.05, 0) is 40.8 Å². The van der Waals surface area contributed by atoms with Gasteiger partial charge in [0.1, 0.15) is 6.61 Å². The molecule has 0 unspecified atom stereocenters. The average molecular weight is 460 g/mol. The Balaban J connectivity index is 1.44. The lowest BCUT2D eigenvalue weighted by Gasteiger charge is -2.17. The highest BCUT2D eigenvalue weighted by atomic mass is 16.5. The third-order valence-corrected chi connectivity index (χ3v) is 5.85. The molecule has 1 aliphatic rings. The summed E-state index contributed by atoms with van der Waals surface area (Å²) in [5.74, 6) is -1.66. The van der Waals surface area contributed by atoms with Crippen LogP contribution in [0.3, 0.4) is 0 Å². The molecule has 0 aliphatic heterocycles. The number of anilines is 1. The Kier molecular flexibility index (Phi) is 6.87. The lowest BCUT2D eigenvalue weighted by atomic mass is 9.98. The first-order valence-electron chi connectivity index (χ1n) is 11.1. The van der Waals surface area contributed by atoms with E-state index in [2.05, 4.69) is 27.8 Å². The zero-order valence-corrected chi connectivity index (χ0v) is 18.7. The molecule has 1 heterocycles. The van der Waals surface area contributed by atoms with Crippen LogP contribution in [-0.2, 0) is 9.53 Å². The molecule has 2 aromatic carbocycles. The molecule has 1 aliphatic carbocycles. The molecule has 0 fully saturated rings. The van der Waals surface area contributed by atoms with Crippen molar-refractivity contribution in [1.82, 2.24) is 10.3 Å². The Morgan fingerprint density at radius 3 is 2.26 bits per heavy atom. The highest BCUT2D eigenvalue weighted by Crippen LogP contribution is 2.44. The summed E-state index contributed by atoms with van der Waals surface area (Å²) in [6.45, 7) is 1.92. The lowest BCUT2D eigenvalue weighted by molar-refractivity contribution is -0.137. The SMILES string of the molecule is CC[C@H](CC(=O)O)NC(=O)c1ncccc1NC(=O)OCC1c2ccccc2-c2ccccc21. The number of carboxylic acid groups (broad SMARTS) is 1. The molecule has 2 amide bonds. The molecule has 0 radical (unpaired) electrons. The predicted molar refractivity (Wildman–Crippen MR) is 127 cm³/mol. The van der Waals surface area contributed by atoms with Crippen LogP contribution in [0.5, 0.6) is 0 Å². The number of nitrogens with zero attached hydrogens (tertiary/aromatic N) is 1. The van der Waals surface area contributed by atoms with Crippen molar-refractivity contribution in [3.05, 3.63) is 83.7 Å². The Bertz CT molecular complexity index is 1180. The summed E-state index contributed by atoms with van der Waals surface area (Å²) in [7, 11) is 0. The number of carbonyl (C=O) groups is 3. The number of aromatic nitrogens is 1. The highest BCUT2D eigenvalue weighted by molar-refractivity contribution is 6.01. The zero-order chi connectivity index (χ0) is 24.1. The van der Waals surface area contributed by atoms with E-state index in [1.54, 1.807) is 19.1 Å². The van der Waals surface area contributed by atoms with Crippen LogP contribution < -0.4 is 10.6 Å². The number of rotatable bonds is 8. The van der Waals surface area contributed by atoms with Gasteiger partial charge < -0.3 is 15.2 Å². The number of nitrogens with one attached hydrogen (secondary N) is 2. The molecule has 3 N–H and O–H groups in total. The first-order chi connectivity index (χ1) is 16.5. The van der Waals surface area contributed by atoms with E-state index in [1.807, 2.05) is 36.4 Å². The molecule has 1 aromatic heterocycles. The number of carbonyl (C=O) groups excluding carboxylic acids is 2. The molecule has 0 saturated heterocycles. The fraction of sp³-hybridized carbons (Fsp3) is 0.231. The normalized spacial score (nSPS) is 12.9. The van der Waals surface area contributed by atoms with E-state index < -0.39 is 24.0 Å². The van der Waals surface area contributed by atoms with Gasteiger partial charge in [-0.15, -0.1) is 0 Å². The number of benzene rings is 2. The lowest BCUT2D eigenvalue weighted by Crippen LogP contribution is -2.37. The Hall–Kier alpha value is -4.20. The molecule has 8 heteroatoms. The number of aliphatic carboxylic acids is 1. The van der Waals surface area contributed by atoms with Crippen molar-refractivity contribution >= 4 is 23.7 Å². The van der Waals surface area contributed by atoms with Gasteiger partial charge in [0.05, 0.1) is 12.1 Å². The number of amides is 2. The topological polar surface area (TPSA) is 118 Å². The van der Waals surface area contributed by atoms with Crippen molar-refractivity contribution in [2.75, 3.05) is 11.9 Å². The fourth-order valence-corrected chi connectivity index (χ4v) is 4.19. The van der Waals surface area contributed by atoms with Crippen molar-refractivity contribution in [1.29, 1.82) is 0 Å². The Morgan fingerprint density at radius 2 is 1.65 bits per heavy atom. The number of fused-ring (bicyclic) bond motifs is 3.